The number of hydrogen-bond acceptors (Lipinski definition) is 1. The molecule has 0 saturated heterocycles. The molecule has 2 rings (SSSR count). The number of carbonyl (C=O) groups is 1. The van der Waals surface area contributed by atoms with Gasteiger partial charge in [0.25, 0.3) is 5.91 Å². The molecule has 1 aliphatic carbocycles. The fraction of sp³-hybridized carbons (Fsp3) is 0.462. The normalized spacial score (nSPS) is 17.6. The lowest BCUT2D eigenvalue weighted by Gasteiger charge is -2.31. The van der Waals surface area contributed by atoms with Crippen LogP contribution in [0.1, 0.15) is 36.5 Å². The Morgan fingerprint density at radius 3 is 2.69 bits per heavy atom. The molecule has 1 saturated carbocycles. The molecule has 0 spiro atoms. The molecule has 0 aliphatic heterocycles. The third kappa shape index (κ3) is 2.46. The molecule has 1 N–H and O–H groups in total. The standard InChI is InChI=1S/C13H16BrNO/c1-9(10-5-4-6-10)15-13(16)11-7-2-3-8-12(11)14/h2-3,7-10H,4-6H2,1H3,(H,15,16). The second-order valence-electron chi connectivity index (χ2n) is 4.43. The van der Waals surface area contributed by atoms with Gasteiger partial charge in [-0.25, -0.2) is 0 Å². The third-order valence-corrected chi connectivity index (χ3v) is 4.03. The van der Waals surface area contributed by atoms with E-state index < -0.39 is 0 Å². The molecule has 1 fully saturated rings. The average Bonchev–Trinajstić information content (AvgIpc) is 2.15. The van der Waals surface area contributed by atoms with Crippen LogP contribution in [0.15, 0.2) is 28.7 Å². The van der Waals surface area contributed by atoms with Crippen molar-refractivity contribution in [3.05, 3.63) is 34.3 Å². The first kappa shape index (κ1) is 11.6. The molecule has 0 aromatic heterocycles. The summed E-state index contributed by atoms with van der Waals surface area (Å²) in [6, 6.07) is 7.81. The average molecular weight is 282 g/mol. The number of halogens is 1. The fourth-order valence-electron chi connectivity index (χ4n) is 1.99. The van der Waals surface area contributed by atoms with Gasteiger partial charge in [-0.2, -0.15) is 0 Å². The summed E-state index contributed by atoms with van der Waals surface area (Å²) in [5, 5.41) is 3.07. The Morgan fingerprint density at radius 1 is 1.44 bits per heavy atom. The summed E-state index contributed by atoms with van der Waals surface area (Å²) in [4.78, 5) is 12.0. The Labute approximate surface area is 105 Å². The van der Waals surface area contributed by atoms with Crippen molar-refractivity contribution in [3.8, 4) is 0 Å². The van der Waals surface area contributed by atoms with Gasteiger partial charge in [0.2, 0.25) is 0 Å². The van der Waals surface area contributed by atoms with E-state index in [-0.39, 0.29) is 11.9 Å². The number of hydrogen-bond donors (Lipinski definition) is 1. The van der Waals surface area contributed by atoms with Crippen molar-refractivity contribution in [3.63, 3.8) is 0 Å². The smallest absolute Gasteiger partial charge is 0.252 e. The Hall–Kier alpha value is -0.830. The first-order valence-electron chi connectivity index (χ1n) is 5.74. The molecular weight excluding hydrogens is 266 g/mol. The number of benzene rings is 1. The molecule has 1 aromatic rings. The van der Waals surface area contributed by atoms with Crippen LogP contribution in [0.5, 0.6) is 0 Å². The van der Waals surface area contributed by atoms with Crippen molar-refractivity contribution in [1.82, 2.24) is 5.32 Å². The van der Waals surface area contributed by atoms with Crippen LogP contribution in [0.3, 0.4) is 0 Å². The predicted molar refractivity (Wildman–Crippen MR) is 68.4 cm³/mol. The monoisotopic (exact) mass is 281 g/mol. The molecule has 86 valence electrons. The third-order valence-electron chi connectivity index (χ3n) is 3.33. The van der Waals surface area contributed by atoms with Gasteiger partial charge < -0.3 is 5.32 Å². The van der Waals surface area contributed by atoms with Crippen molar-refractivity contribution in [2.24, 2.45) is 5.92 Å². The Bertz CT molecular complexity index is 387. The van der Waals surface area contributed by atoms with Crippen LogP contribution in [-0.4, -0.2) is 11.9 Å². The second-order valence-corrected chi connectivity index (χ2v) is 5.29. The van der Waals surface area contributed by atoms with E-state index in [0.717, 1.165) is 4.47 Å². The van der Waals surface area contributed by atoms with Crippen molar-refractivity contribution in [2.75, 3.05) is 0 Å². The molecule has 0 radical (unpaired) electrons. The molecule has 2 nitrogen and oxygen atoms in total. The molecule has 0 bridgehead atoms. The summed E-state index contributed by atoms with van der Waals surface area (Å²) >= 11 is 3.39. The fourth-order valence-corrected chi connectivity index (χ4v) is 2.45. The van der Waals surface area contributed by atoms with Crippen molar-refractivity contribution in [1.29, 1.82) is 0 Å². The topological polar surface area (TPSA) is 29.1 Å². The van der Waals surface area contributed by atoms with E-state index in [1.54, 1.807) is 0 Å². The van der Waals surface area contributed by atoms with E-state index in [0.29, 0.717) is 11.5 Å². The van der Waals surface area contributed by atoms with E-state index in [1.807, 2.05) is 24.3 Å². The molecular formula is C13H16BrNO. The highest BCUT2D eigenvalue weighted by atomic mass is 79.9. The van der Waals surface area contributed by atoms with Gasteiger partial charge in [0.05, 0.1) is 5.56 Å². The number of amides is 1. The van der Waals surface area contributed by atoms with Gasteiger partial charge in [-0.3, -0.25) is 4.79 Å². The molecule has 16 heavy (non-hydrogen) atoms. The summed E-state index contributed by atoms with van der Waals surface area (Å²) in [5.41, 5.74) is 0.716. The van der Waals surface area contributed by atoms with Gasteiger partial charge in [-0.15, -0.1) is 0 Å². The SMILES string of the molecule is CC(NC(=O)c1ccccc1Br)C1CCC1. The Kier molecular flexibility index (Phi) is 3.64. The van der Waals surface area contributed by atoms with Gasteiger partial charge in [-0.05, 0) is 53.7 Å². The van der Waals surface area contributed by atoms with E-state index in [2.05, 4.69) is 28.2 Å². The lowest BCUT2D eigenvalue weighted by Crippen LogP contribution is -2.40. The summed E-state index contributed by atoms with van der Waals surface area (Å²) in [5.74, 6) is 0.693. The molecule has 1 unspecified atom stereocenters. The van der Waals surface area contributed by atoms with E-state index in [4.69, 9.17) is 0 Å². The molecule has 3 heteroatoms. The van der Waals surface area contributed by atoms with Crippen LogP contribution in [0.4, 0.5) is 0 Å². The summed E-state index contributed by atoms with van der Waals surface area (Å²) in [7, 11) is 0. The zero-order valence-electron chi connectivity index (χ0n) is 9.37. The van der Waals surface area contributed by atoms with Crippen molar-refractivity contribution in [2.45, 2.75) is 32.2 Å². The van der Waals surface area contributed by atoms with E-state index in [1.165, 1.54) is 19.3 Å². The van der Waals surface area contributed by atoms with E-state index >= 15 is 0 Å². The largest absolute Gasteiger partial charge is 0.349 e. The zero-order valence-corrected chi connectivity index (χ0v) is 11.0. The summed E-state index contributed by atoms with van der Waals surface area (Å²) in [6.07, 6.45) is 3.80. The maximum Gasteiger partial charge on any atom is 0.252 e. The first-order chi connectivity index (χ1) is 7.68. The Balaban J connectivity index is 2.00. The highest BCUT2D eigenvalue weighted by molar-refractivity contribution is 9.10. The zero-order chi connectivity index (χ0) is 11.5. The molecule has 1 aromatic carbocycles. The van der Waals surface area contributed by atoms with Gasteiger partial charge >= 0.3 is 0 Å². The maximum absolute atomic E-state index is 12.0. The van der Waals surface area contributed by atoms with Gasteiger partial charge in [0, 0.05) is 10.5 Å². The van der Waals surface area contributed by atoms with Gasteiger partial charge in [0.15, 0.2) is 0 Å². The quantitative estimate of drug-likeness (QED) is 0.904. The minimum absolute atomic E-state index is 0.0203. The number of nitrogens with one attached hydrogen (secondary N) is 1. The maximum atomic E-state index is 12.0. The van der Waals surface area contributed by atoms with Crippen LogP contribution < -0.4 is 5.32 Å². The minimum atomic E-state index is 0.0203. The molecule has 1 amide bonds. The highest BCUT2D eigenvalue weighted by Crippen LogP contribution is 2.29. The number of carbonyl (C=O) groups excluding carboxylic acids is 1. The van der Waals surface area contributed by atoms with Gasteiger partial charge in [0.1, 0.15) is 0 Å². The van der Waals surface area contributed by atoms with Crippen LogP contribution in [0.25, 0.3) is 0 Å². The number of rotatable bonds is 3. The summed E-state index contributed by atoms with van der Waals surface area (Å²) in [6.45, 7) is 2.10. The first-order valence-corrected chi connectivity index (χ1v) is 6.53. The Morgan fingerprint density at radius 2 is 2.12 bits per heavy atom. The lowest BCUT2D eigenvalue weighted by molar-refractivity contribution is 0.0908. The van der Waals surface area contributed by atoms with Crippen LogP contribution >= 0.6 is 15.9 Å². The van der Waals surface area contributed by atoms with E-state index in [9.17, 15) is 4.79 Å². The lowest BCUT2D eigenvalue weighted by atomic mass is 9.80. The molecule has 0 heterocycles. The molecule has 1 aliphatic rings. The molecule has 1 atom stereocenters. The van der Waals surface area contributed by atoms with Crippen LogP contribution in [-0.2, 0) is 0 Å². The second kappa shape index (κ2) is 5.00. The van der Waals surface area contributed by atoms with Crippen LogP contribution in [0, 0.1) is 5.92 Å². The van der Waals surface area contributed by atoms with Crippen LogP contribution in [0.2, 0.25) is 0 Å². The van der Waals surface area contributed by atoms with Crippen molar-refractivity contribution >= 4 is 21.8 Å². The predicted octanol–water partition coefficient (Wildman–Crippen LogP) is 3.37. The highest BCUT2D eigenvalue weighted by Gasteiger charge is 2.25. The van der Waals surface area contributed by atoms with Crippen molar-refractivity contribution < 1.29 is 4.79 Å². The summed E-state index contributed by atoms with van der Waals surface area (Å²) < 4.78 is 0.855. The van der Waals surface area contributed by atoms with Gasteiger partial charge in [-0.1, -0.05) is 18.6 Å². The minimum Gasteiger partial charge on any atom is -0.349 e.